The van der Waals surface area contributed by atoms with Gasteiger partial charge in [-0.1, -0.05) is 0 Å². The number of amides is 1. The molecule has 1 N–H and O–H groups in total. The smallest absolute Gasteiger partial charge is 0.291 e. The number of hydrogen-bond acceptors (Lipinski definition) is 6. The predicted octanol–water partition coefficient (Wildman–Crippen LogP) is 2.05. The van der Waals surface area contributed by atoms with Crippen LogP contribution in [0.2, 0.25) is 0 Å². The Labute approximate surface area is 161 Å². The van der Waals surface area contributed by atoms with Crippen LogP contribution in [0.3, 0.4) is 0 Å². The zero-order valence-electron chi connectivity index (χ0n) is 16.8. The van der Waals surface area contributed by atoms with E-state index in [9.17, 15) is 4.79 Å². The molecule has 1 atom stereocenters. The molecule has 0 bridgehead atoms. The van der Waals surface area contributed by atoms with Crippen LogP contribution in [-0.4, -0.2) is 60.0 Å². The molecule has 3 rings (SSSR count). The molecule has 1 aliphatic heterocycles. The minimum absolute atomic E-state index is 0.164. The van der Waals surface area contributed by atoms with Crippen molar-refractivity contribution in [1.82, 2.24) is 20.2 Å². The van der Waals surface area contributed by atoms with E-state index in [0.29, 0.717) is 12.1 Å². The van der Waals surface area contributed by atoms with Crippen LogP contribution in [0.4, 0.5) is 5.82 Å². The topological polar surface area (TPSA) is 85.2 Å². The van der Waals surface area contributed by atoms with Crippen molar-refractivity contribution in [3.63, 3.8) is 0 Å². The number of nitriles is 1. The van der Waals surface area contributed by atoms with Gasteiger partial charge in [-0.2, -0.15) is 5.26 Å². The van der Waals surface area contributed by atoms with Gasteiger partial charge >= 0.3 is 0 Å². The van der Waals surface area contributed by atoms with Gasteiger partial charge in [-0.3, -0.25) is 4.79 Å². The maximum absolute atomic E-state index is 12.3. The van der Waals surface area contributed by atoms with E-state index < -0.39 is 0 Å². The zero-order chi connectivity index (χ0) is 19.6. The Hall–Kier alpha value is -2.20. The molecule has 2 heterocycles. The maximum atomic E-state index is 12.3. The summed E-state index contributed by atoms with van der Waals surface area (Å²) in [5.41, 5.74) is 1.90. The van der Waals surface area contributed by atoms with Gasteiger partial charge in [-0.15, -0.1) is 0 Å². The van der Waals surface area contributed by atoms with Crippen LogP contribution < -0.4 is 10.2 Å². The van der Waals surface area contributed by atoms with Crippen LogP contribution in [0, 0.1) is 31.1 Å². The maximum Gasteiger partial charge on any atom is 0.291 e. The average molecular weight is 371 g/mol. The van der Waals surface area contributed by atoms with Crippen molar-refractivity contribution >= 4 is 11.7 Å². The minimum Gasteiger partial charge on any atom is -0.355 e. The molecule has 146 valence electrons. The second kappa shape index (κ2) is 8.22. The number of rotatable bonds is 4. The van der Waals surface area contributed by atoms with Gasteiger partial charge in [-0.25, -0.2) is 9.97 Å². The van der Waals surface area contributed by atoms with Gasteiger partial charge in [0.2, 0.25) is 5.82 Å². The van der Waals surface area contributed by atoms with E-state index in [0.717, 1.165) is 62.3 Å². The van der Waals surface area contributed by atoms with Crippen molar-refractivity contribution in [1.29, 1.82) is 5.26 Å². The zero-order valence-corrected chi connectivity index (χ0v) is 16.8. The lowest BCUT2D eigenvalue weighted by Crippen LogP contribution is -2.42. The molecule has 27 heavy (non-hydrogen) atoms. The SMILES string of the molecule is Cc1nc(C(=O)N(C)C)nc(N2CC[C@@H](NC3CCC(C#N)CC3)C2)c1C. The first-order valence-corrected chi connectivity index (χ1v) is 9.86. The van der Waals surface area contributed by atoms with Crippen LogP contribution in [0.25, 0.3) is 0 Å². The van der Waals surface area contributed by atoms with Gasteiger partial charge in [0, 0.05) is 56.4 Å². The molecule has 1 aromatic heterocycles. The fraction of sp³-hybridized carbons (Fsp3) is 0.700. The van der Waals surface area contributed by atoms with E-state index in [1.807, 2.05) is 13.8 Å². The molecule has 0 spiro atoms. The summed E-state index contributed by atoms with van der Waals surface area (Å²) in [5.74, 6) is 1.22. The van der Waals surface area contributed by atoms with Crippen molar-refractivity contribution in [2.75, 3.05) is 32.1 Å². The van der Waals surface area contributed by atoms with Gasteiger partial charge in [-0.05, 0) is 46.0 Å². The van der Waals surface area contributed by atoms with Crippen LogP contribution in [0.15, 0.2) is 0 Å². The molecule has 2 fully saturated rings. The highest BCUT2D eigenvalue weighted by Gasteiger charge is 2.29. The van der Waals surface area contributed by atoms with Gasteiger partial charge in [0.15, 0.2) is 0 Å². The molecule has 7 nitrogen and oxygen atoms in total. The van der Waals surface area contributed by atoms with Crippen molar-refractivity contribution in [2.45, 2.75) is 58.0 Å². The third-order valence-corrected chi connectivity index (χ3v) is 5.83. The molecular weight excluding hydrogens is 340 g/mol. The Morgan fingerprint density at radius 3 is 2.48 bits per heavy atom. The van der Waals surface area contributed by atoms with Crippen molar-refractivity contribution in [3.05, 3.63) is 17.1 Å². The van der Waals surface area contributed by atoms with Crippen LogP contribution in [0.1, 0.15) is 54.0 Å². The van der Waals surface area contributed by atoms with E-state index in [4.69, 9.17) is 5.26 Å². The molecule has 2 aliphatic rings. The van der Waals surface area contributed by atoms with E-state index in [1.165, 1.54) is 4.90 Å². The highest BCUT2D eigenvalue weighted by molar-refractivity contribution is 5.90. The van der Waals surface area contributed by atoms with E-state index in [2.05, 4.69) is 26.3 Å². The summed E-state index contributed by atoms with van der Waals surface area (Å²) in [5, 5.41) is 12.8. The summed E-state index contributed by atoms with van der Waals surface area (Å²) < 4.78 is 0. The Morgan fingerprint density at radius 2 is 1.85 bits per heavy atom. The van der Waals surface area contributed by atoms with Crippen molar-refractivity contribution in [3.8, 4) is 6.07 Å². The molecular formula is C20H30N6O. The van der Waals surface area contributed by atoms with Crippen LogP contribution in [0.5, 0.6) is 0 Å². The Kier molecular flexibility index (Phi) is 5.95. The number of aromatic nitrogens is 2. The lowest BCUT2D eigenvalue weighted by Gasteiger charge is -2.29. The fourth-order valence-corrected chi connectivity index (χ4v) is 4.03. The van der Waals surface area contributed by atoms with Crippen molar-refractivity contribution < 1.29 is 4.79 Å². The van der Waals surface area contributed by atoms with E-state index >= 15 is 0 Å². The lowest BCUT2D eigenvalue weighted by atomic mass is 9.86. The van der Waals surface area contributed by atoms with Gasteiger partial charge in [0.1, 0.15) is 5.82 Å². The Balaban J connectivity index is 1.66. The fourth-order valence-electron chi connectivity index (χ4n) is 4.03. The molecule has 0 radical (unpaired) electrons. The molecule has 0 aromatic carbocycles. The second-order valence-electron chi connectivity index (χ2n) is 8.06. The van der Waals surface area contributed by atoms with E-state index in [-0.39, 0.29) is 17.6 Å². The van der Waals surface area contributed by atoms with Crippen LogP contribution >= 0.6 is 0 Å². The monoisotopic (exact) mass is 370 g/mol. The molecule has 1 saturated carbocycles. The normalized spacial score (nSPS) is 25.3. The molecule has 1 amide bonds. The number of carbonyl (C=O) groups excluding carboxylic acids is 1. The number of nitrogens with one attached hydrogen (secondary N) is 1. The highest BCUT2D eigenvalue weighted by Crippen LogP contribution is 2.27. The summed E-state index contributed by atoms with van der Waals surface area (Å²) in [6, 6.07) is 3.34. The molecule has 1 saturated heterocycles. The summed E-state index contributed by atoms with van der Waals surface area (Å²) >= 11 is 0. The first kappa shape index (κ1) is 19.6. The second-order valence-corrected chi connectivity index (χ2v) is 8.06. The molecule has 1 aliphatic carbocycles. The number of aryl methyl sites for hydroxylation is 1. The lowest BCUT2D eigenvalue weighted by molar-refractivity contribution is 0.0815. The number of anilines is 1. The third kappa shape index (κ3) is 4.38. The van der Waals surface area contributed by atoms with Crippen LogP contribution in [-0.2, 0) is 0 Å². The highest BCUT2D eigenvalue weighted by atomic mass is 16.2. The van der Waals surface area contributed by atoms with E-state index in [1.54, 1.807) is 14.1 Å². The average Bonchev–Trinajstić information content (AvgIpc) is 3.12. The first-order chi connectivity index (χ1) is 12.9. The van der Waals surface area contributed by atoms with Gasteiger partial charge in [0.25, 0.3) is 5.91 Å². The summed E-state index contributed by atoms with van der Waals surface area (Å²) in [6.07, 6.45) is 5.25. The number of hydrogen-bond donors (Lipinski definition) is 1. The summed E-state index contributed by atoms with van der Waals surface area (Å²) in [6.45, 7) is 5.79. The molecule has 0 unspecified atom stereocenters. The Bertz CT molecular complexity index is 733. The molecule has 7 heteroatoms. The standard InChI is InChI=1S/C20H30N6O/c1-13-14(2)22-18(20(27)25(3)4)24-19(13)26-10-9-17(12-26)23-16-7-5-15(11-21)6-8-16/h15-17,23H,5-10,12H2,1-4H3/t15?,16?,17-/m1/s1. The van der Waals surface area contributed by atoms with Gasteiger partial charge in [0.05, 0.1) is 6.07 Å². The largest absolute Gasteiger partial charge is 0.355 e. The quantitative estimate of drug-likeness (QED) is 0.873. The minimum atomic E-state index is -0.164. The summed E-state index contributed by atoms with van der Waals surface area (Å²) in [4.78, 5) is 25.1. The first-order valence-electron chi connectivity index (χ1n) is 9.86. The predicted molar refractivity (Wildman–Crippen MR) is 105 cm³/mol. The number of nitrogens with zero attached hydrogens (tertiary/aromatic N) is 5. The molecule has 1 aromatic rings. The number of carbonyl (C=O) groups is 1. The van der Waals surface area contributed by atoms with Crippen molar-refractivity contribution in [2.24, 2.45) is 5.92 Å². The van der Waals surface area contributed by atoms with Gasteiger partial charge < -0.3 is 15.1 Å². The third-order valence-electron chi connectivity index (χ3n) is 5.83. The summed E-state index contributed by atoms with van der Waals surface area (Å²) in [7, 11) is 3.44. The Morgan fingerprint density at radius 1 is 1.15 bits per heavy atom.